The van der Waals surface area contributed by atoms with E-state index in [-0.39, 0.29) is 0 Å². The SMILES string of the molecule is c1ccc([Si](c2ccccc2)(c2ccccc2)c2cccc(-c3cc4ccc(-c5cccc([Si](c6ccccc6)(c6ccccc6)c6ccccc6)c5)c5ccc6cccc3c6c45)c2)cc1. The number of hydrogen-bond acceptors (Lipinski definition) is 0. The van der Waals surface area contributed by atoms with E-state index in [0.29, 0.717) is 0 Å². The Labute approximate surface area is 389 Å². The summed E-state index contributed by atoms with van der Waals surface area (Å²) in [5.41, 5.74) is 5.00. The average Bonchev–Trinajstić information content (AvgIpc) is 3.40. The zero-order valence-corrected chi connectivity index (χ0v) is 38.6. The van der Waals surface area contributed by atoms with E-state index in [0.717, 1.165) is 0 Å². The van der Waals surface area contributed by atoms with Gasteiger partial charge in [0.2, 0.25) is 0 Å². The van der Waals surface area contributed by atoms with Gasteiger partial charge in [0, 0.05) is 0 Å². The molecule has 0 fully saturated rings. The van der Waals surface area contributed by atoms with Gasteiger partial charge in [-0.05, 0) is 102 Å². The molecule has 0 radical (unpaired) electrons. The summed E-state index contributed by atoms with van der Waals surface area (Å²) in [6, 6.07) is 105. The fourth-order valence-corrected chi connectivity index (χ4v) is 20.9. The van der Waals surface area contributed by atoms with Gasteiger partial charge < -0.3 is 0 Å². The summed E-state index contributed by atoms with van der Waals surface area (Å²) in [5, 5.41) is 18.7. The molecule has 0 saturated heterocycles. The van der Waals surface area contributed by atoms with E-state index in [9.17, 15) is 0 Å². The zero-order valence-electron chi connectivity index (χ0n) is 36.6. The third-order valence-corrected chi connectivity index (χ3v) is 23.6. The molecule has 12 aromatic rings. The molecule has 0 unspecified atom stereocenters. The van der Waals surface area contributed by atoms with Gasteiger partial charge in [0.05, 0.1) is 0 Å². The van der Waals surface area contributed by atoms with Crippen LogP contribution in [0.15, 0.2) is 279 Å². The highest BCUT2D eigenvalue weighted by molar-refractivity contribution is 7.20. The van der Waals surface area contributed by atoms with E-state index in [1.165, 1.54) is 96.1 Å². The third kappa shape index (κ3) is 6.33. The first kappa shape index (κ1) is 39.7. The molecule has 0 amide bonds. The second-order valence-corrected chi connectivity index (χ2v) is 25.1. The first-order chi connectivity index (χ1) is 32.7. The molecular weight excluding hydrogens is 825 g/mol. The van der Waals surface area contributed by atoms with Crippen LogP contribution in [0.1, 0.15) is 0 Å². The lowest BCUT2D eigenvalue weighted by Gasteiger charge is -2.34. The molecule has 0 aliphatic heterocycles. The van der Waals surface area contributed by atoms with Crippen molar-refractivity contribution in [2.45, 2.75) is 0 Å². The van der Waals surface area contributed by atoms with E-state index in [2.05, 4.69) is 279 Å². The zero-order chi connectivity index (χ0) is 43.9. The van der Waals surface area contributed by atoms with Gasteiger partial charge in [0.25, 0.3) is 0 Å². The Morgan fingerprint density at radius 3 is 0.955 bits per heavy atom. The minimum atomic E-state index is -2.73. The maximum absolute atomic E-state index is 2.73. The van der Waals surface area contributed by atoms with Crippen molar-refractivity contribution in [2.75, 3.05) is 0 Å². The quantitative estimate of drug-likeness (QED) is 0.0730. The average molecular weight is 871 g/mol. The third-order valence-electron chi connectivity index (χ3n) is 14.1. The van der Waals surface area contributed by atoms with Crippen LogP contribution < -0.4 is 41.5 Å². The molecule has 12 aromatic carbocycles. The smallest absolute Gasteiger partial charge is 0.0623 e. The van der Waals surface area contributed by atoms with Gasteiger partial charge in [-0.15, -0.1) is 0 Å². The Kier molecular flexibility index (Phi) is 9.98. The molecule has 2 heteroatoms. The van der Waals surface area contributed by atoms with E-state index < -0.39 is 16.1 Å². The predicted octanol–water partition coefficient (Wildman–Crippen LogP) is 10.7. The second kappa shape index (κ2) is 16.6. The monoisotopic (exact) mass is 870 g/mol. The van der Waals surface area contributed by atoms with Crippen molar-refractivity contribution < 1.29 is 0 Å². The van der Waals surface area contributed by atoms with Gasteiger partial charge in [-0.2, -0.15) is 0 Å². The normalized spacial score (nSPS) is 11.9. The Hall–Kier alpha value is -7.89. The summed E-state index contributed by atoms with van der Waals surface area (Å²) in [5.74, 6) is 0. The van der Waals surface area contributed by atoms with Crippen LogP contribution >= 0.6 is 0 Å². The topological polar surface area (TPSA) is 0 Å². The van der Waals surface area contributed by atoms with Crippen molar-refractivity contribution in [3.8, 4) is 22.3 Å². The molecule has 0 atom stereocenters. The number of hydrogen-bond donors (Lipinski definition) is 0. The minimum Gasteiger partial charge on any atom is -0.0623 e. The summed E-state index contributed by atoms with van der Waals surface area (Å²) in [6.07, 6.45) is 0. The van der Waals surface area contributed by atoms with Crippen LogP contribution in [-0.2, 0) is 0 Å². The van der Waals surface area contributed by atoms with Crippen molar-refractivity contribution >= 4 is 90.0 Å². The Morgan fingerprint density at radius 1 is 0.197 bits per heavy atom. The summed E-state index contributed by atoms with van der Waals surface area (Å²) < 4.78 is 0. The lowest BCUT2D eigenvalue weighted by Crippen LogP contribution is -2.74. The molecule has 310 valence electrons. The van der Waals surface area contributed by atoms with Gasteiger partial charge >= 0.3 is 0 Å². The highest BCUT2D eigenvalue weighted by Gasteiger charge is 2.43. The van der Waals surface area contributed by atoms with Gasteiger partial charge in [0.1, 0.15) is 0 Å². The van der Waals surface area contributed by atoms with Gasteiger partial charge in [0.15, 0.2) is 16.1 Å². The van der Waals surface area contributed by atoms with Crippen LogP contribution in [0.5, 0.6) is 0 Å². The van der Waals surface area contributed by atoms with Crippen LogP contribution in [0.2, 0.25) is 0 Å². The van der Waals surface area contributed by atoms with Crippen molar-refractivity contribution in [1.82, 2.24) is 0 Å². The predicted molar refractivity (Wildman–Crippen MR) is 288 cm³/mol. The summed E-state index contributed by atoms with van der Waals surface area (Å²) in [4.78, 5) is 0. The number of rotatable bonds is 10. The Balaban J connectivity index is 1.06. The second-order valence-electron chi connectivity index (χ2n) is 17.5. The fourth-order valence-electron chi connectivity index (χ4n) is 11.3. The van der Waals surface area contributed by atoms with Gasteiger partial charge in [-0.25, -0.2) is 0 Å². The molecular formula is C64H46Si2. The maximum Gasteiger partial charge on any atom is 0.179 e. The van der Waals surface area contributed by atoms with Crippen molar-refractivity contribution in [3.05, 3.63) is 279 Å². The van der Waals surface area contributed by atoms with E-state index in [1.807, 2.05) is 0 Å². The van der Waals surface area contributed by atoms with Crippen molar-refractivity contribution in [1.29, 1.82) is 0 Å². The largest absolute Gasteiger partial charge is 0.179 e. The lowest BCUT2D eigenvalue weighted by molar-refractivity contribution is 1.64. The molecule has 0 aliphatic rings. The molecule has 0 nitrogen and oxygen atoms in total. The molecule has 0 spiro atoms. The molecule has 0 aromatic heterocycles. The lowest BCUT2D eigenvalue weighted by atomic mass is 9.86. The Morgan fingerprint density at radius 2 is 0.530 bits per heavy atom. The Bertz CT molecular complexity index is 3410. The molecule has 0 saturated carbocycles. The van der Waals surface area contributed by atoms with E-state index in [4.69, 9.17) is 0 Å². The van der Waals surface area contributed by atoms with E-state index in [1.54, 1.807) is 0 Å². The number of benzene rings is 12. The standard InChI is InChI=1S/C64H46Si2/c1-7-25-51(26-8-1)65(52-27-9-2-10-28-52,53-29-11-3-12-30-53)57-37-19-23-48(44-57)59-42-41-50-46-62(60-39-21-22-47-40-43-61(59)64(50)63(47)60)49-24-20-38-58(45-49)66(54-31-13-4-14-32-54,55-33-15-5-16-34-55)56-35-17-6-18-36-56/h1-46H. The first-order valence-electron chi connectivity index (χ1n) is 23.0. The van der Waals surface area contributed by atoms with Crippen LogP contribution in [0.25, 0.3) is 54.6 Å². The molecule has 0 aliphatic carbocycles. The van der Waals surface area contributed by atoms with Crippen molar-refractivity contribution in [2.24, 2.45) is 0 Å². The maximum atomic E-state index is 2.51. The summed E-state index contributed by atoms with van der Waals surface area (Å²) in [7, 11) is -5.45. The van der Waals surface area contributed by atoms with Crippen LogP contribution in [0.4, 0.5) is 0 Å². The van der Waals surface area contributed by atoms with Crippen LogP contribution in [0, 0.1) is 0 Å². The first-order valence-corrected chi connectivity index (χ1v) is 27.0. The summed E-state index contributed by atoms with van der Waals surface area (Å²) >= 11 is 0. The van der Waals surface area contributed by atoms with Crippen LogP contribution in [-0.4, -0.2) is 16.1 Å². The van der Waals surface area contributed by atoms with Gasteiger partial charge in [-0.1, -0.05) is 273 Å². The van der Waals surface area contributed by atoms with Crippen LogP contribution in [0.3, 0.4) is 0 Å². The van der Waals surface area contributed by atoms with Crippen molar-refractivity contribution in [3.63, 3.8) is 0 Å². The highest BCUT2D eigenvalue weighted by Crippen LogP contribution is 2.43. The molecule has 0 N–H and O–H groups in total. The summed E-state index contributed by atoms with van der Waals surface area (Å²) in [6.45, 7) is 0. The minimum absolute atomic E-state index is 1.24. The molecule has 66 heavy (non-hydrogen) atoms. The fraction of sp³-hybridized carbons (Fsp3) is 0. The van der Waals surface area contributed by atoms with Gasteiger partial charge in [-0.3, -0.25) is 0 Å². The molecule has 0 bridgehead atoms. The molecule has 0 heterocycles. The highest BCUT2D eigenvalue weighted by atomic mass is 28.3. The molecule has 12 rings (SSSR count). The van der Waals surface area contributed by atoms with E-state index >= 15 is 0 Å².